The minimum Gasteiger partial charge on any atom is -0.493 e. The molecule has 13 heteroatoms. The van der Waals surface area contributed by atoms with Gasteiger partial charge in [-0.3, -0.25) is 4.79 Å². The third-order valence-corrected chi connectivity index (χ3v) is 7.08. The lowest BCUT2D eigenvalue weighted by molar-refractivity contribution is -0.139. The second-order valence-corrected chi connectivity index (χ2v) is 10.5. The van der Waals surface area contributed by atoms with Crippen LogP contribution in [0.15, 0.2) is 71.0 Å². The summed E-state index contributed by atoms with van der Waals surface area (Å²) in [5.41, 5.74) is 6.30. The average Bonchev–Trinajstić information content (AvgIpc) is 3.03. The van der Waals surface area contributed by atoms with Gasteiger partial charge in [0.2, 0.25) is 0 Å². The first kappa shape index (κ1) is 33.7. The van der Waals surface area contributed by atoms with Crippen LogP contribution in [0.5, 0.6) is 23.0 Å². The van der Waals surface area contributed by atoms with E-state index in [-0.39, 0.29) is 30.3 Å². The molecule has 0 unspecified atom stereocenters. The molecule has 0 radical (unpaired) electrons. The summed E-state index contributed by atoms with van der Waals surface area (Å²) in [4.78, 5) is 37.3. The van der Waals surface area contributed by atoms with Crippen LogP contribution in [-0.4, -0.2) is 51.6 Å². The predicted molar refractivity (Wildman–Crippen MR) is 171 cm³/mol. The highest BCUT2D eigenvalue weighted by Gasteiger charge is 2.32. The maximum absolute atomic E-state index is 12.6. The molecule has 0 aliphatic carbocycles. The quantitative estimate of drug-likeness (QED) is 0.134. The Hall–Kier alpha value is -5.23. The minimum atomic E-state index is -0.783. The van der Waals surface area contributed by atoms with Crippen LogP contribution in [0.1, 0.15) is 42.1 Å². The average molecular weight is 651 g/mol. The van der Waals surface area contributed by atoms with Crippen LogP contribution >= 0.6 is 11.6 Å². The van der Waals surface area contributed by atoms with Crippen molar-refractivity contribution in [2.45, 2.75) is 33.4 Å². The maximum Gasteiger partial charge on any atom is 0.338 e. The fourth-order valence-corrected chi connectivity index (χ4v) is 4.83. The van der Waals surface area contributed by atoms with E-state index in [0.29, 0.717) is 40.0 Å². The molecular weight excluding hydrogens is 616 g/mol. The monoisotopic (exact) mass is 650 g/mol. The number of rotatable bonds is 13. The fourth-order valence-electron chi connectivity index (χ4n) is 4.55. The van der Waals surface area contributed by atoms with Crippen LogP contribution in [0.4, 0.5) is 4.79 Å². The first-order valence-corrected chi connectivity index (χ1v) is 14.6. The van der Waals surface area contributed by atoms with E-state index in [1.54, 1.807) is 44.2 Å². The lowest BCUT2D eigenvalue weighted by Crippen LogP contribution is -2.45. The van der Waals surface area contributed by atoms with Gasteiger partial charge in [-0.1, -0.05) is 47.5 Å². The van der Waals surface area contributed by atoms with Gasteiger partial charge in [-0.15, -0.1) is 0 Å². The van der Waals surface area contributed by atoms with E-state index in [2.05, 4.69) is 21.2 Å². The van der Waals surface area contributed by atoms with E-state index in [9.17, 15) is 14.4 Å². The molecule has 3 aromatic rings. The molecule has 0 fully saturated rings. The van der Waals surface area contributed by atoms with Crippen molar-refractivity contribution in [1.29, 1.82) is 0 Å². The molecule has 0 aromatic heterocycles. The summed E-state index contributed by atoms with van der Waals surface area (Å²) in [6.07, 6.45) is 1.41. The Morgan fingerprint density at radius 2 is 1.72 bits per heavy atom. The zero-order chi connectivity index (χ0) is 33.2. The summed E-state index contributed by atoms with van der Waals surface area (Å²) < 4.78 is 27.7. The van der Waals surface area contributed by atoms with Crippen molar-refractivity contribution in [2.24, 2.45) is 5.10 Å². The molecule has 1 atom stereocenters. The number of halogens is 1. The topological polar surface area (TPSA) is 146 Å². The number of nitrogens with zero attached hydrogens (tertiary/aromatic N) is 1. The number of urea groups is 1. The lowest BCUT2D eigenvalue weighted by Gasteiger charge is -2.28. The SMILES string of the molecule is CCOC(=O)C1=C(C)NC(=O)N[C@H]1c1ccc(OCC(=O)N/N=C\c2cc(Cl)c(OCc3ccc(C)cc3)c(OC)c2)c(OC)c1. The smallest absolute Gasteiger partial charge is 0.338 e. The molecule has 3 N–H and O–H groups in total. The summed E-state index contributed by atoms with van der Waals surface area (Å²) in [5.74, 6) is 0.264. The molecule has 1 aliphatic rings. The predicted octanol–water partition coefficient (Wildman–Crippen LogP) is 4.96. The van der Waals surface area contributed by atoms with Crippen molar-refractivity contribution in [3.05, 3.63) is 93.1 Å². The highest BCUT2D eigenvalue weighted by atomic mass is 35.5. The molecule has 0 bridgehead atoms. The van der Waals surface area contributed by atoms with E-state index in [0.717, 1.165) is 11.1 Å². The second kappa shape index (κ2) is 15.7. The Kier molecular flexibility index (Phi) is 11.5. The van der Waals surface area contributed by atoms with E-state index in [1.165, 1.54) is 20.4 Å². The van der Waals surface area contributed by atoms with Crippen molar-refractivity contribution in [1.82, 2.24) is 16.1 Å². The Morgan fingerprint density at radius 1 is 0.978 bits per heavy atom. The Bertz CT molecular complexity index is 1660. The number of esters is 1. The van der Waals surface area contributed by atoms with E-state index >= 15 is 0 Å². The van der Waals surface area contributed by atoms with Crippen molar-refractivity contribution in [2.75, 3.05) is 27.4 Å². The highest BCUT2D eigenvalue weighted by Crippen LogP contribution is 2.37. The Morgan fingerprint density at radius 3 is 2.41 bits per heavy atom. The molecule has 46 heavy (non-hydrogen) atoms. The van der Waals surface area contributed by atoms with Crippen LogP contribution in [0.2, 0.25) is 5.02 Å². The fraction of sp³-hybridized carbons (Fsp3) is 0.273. The summed E-state index contributed by atoms with van der Waals surface area (Å²) in [6.45, 7) is 5.45. The van der Waals surface area contributed by atoms with Crippen molar-refractivity contribution in [3.8, 4) is 23.0 Å². The zero-order valence-corrected chi connectivity index (χ0v) is 26.8. The van der Waals surface area contributed by atoms with Crippen molar-refractivity contribution >= 4 is 35.7 Å². The molecule has 242 valence electrons. The molecule has 0 saturated carbocycles. The van der Waals surface area contributed by atoms with E-state index < -0.39 is 23.9 Å². The lowest BCUT2D eigenvalue weighted by atomic mass is 9.95. The van der Waals surface area contributed by atoms with E-state index in [1.807, 2.05) is 31.2 Å². The number of benzene rings is 3. The van der Waals surface area contributed by atoms with Crippen molar-refractivity contribution in [3.63, 3.8) is 0 Å². The largest absolute Gasteiger partial charge is 0.493 e. The van der Waals surface area contributed by atoms with Crippen LogP contribution in [0, 0.1) is 6.92 Å². The third kappa shape index (κ3) is 8.48. The summed E-state index contributed by atoms with van der Waals surface area (Å²) >= 11 is 6.47. The van der Waals surface area contributed by atoms with E-state index in [4.69, 9.17) is 35.3 Å². The van der Waals surface area contributed by atoms with Gasteiger partial charge in [-0.25, -0.2) is 15.0 Å². The summed E-state index contributed by atoms with van der Waals surface area (Å²) in [7, 11) is 2.94. The summed E-state index contributed by atoms with van der Waals surface area (Å²) in [6, 6.07) is 14.9. The first-order valence-electron chi connectivity index (χ1n) is 14.3. The molecule has 3 aromatic carbocycles. The molecule has 0 saturated heterocycles. The molecule has 1 aliphatic heterocycles. The van der Waals surface area contributed by atoms with Gasteiger partial charge in [0, 0.05) is 5.70 Å². The zero-order valence-electron chi connectivity index (χ0n) is 26.1. The second-order valence-electron chi connectivity index (χ2n) is 10.1. The first-order chi connectivity index (χ1) is 22.1. The highest BCUT2D eigenvalue weighted by molar-refractivity contribution is 6.32. The third-order valence-electron chi connectivity index (χ3n) is 6.80. The molecule has 0 spiro atoms. The number of carbonyl (C=O) groups is 3. The summed E-state index contributed by atoms with van der Waals surface area (Å²) in [5, 5.41) is 9.63. The standard InChI is InChI=1S/C33H35ClN4O8/c1-6-44-32(40)29-20(3)36-33(41)37-30(29)23-11-12-25(26(15-23)42-4)45-18-28(39)38-35-16-22-13-24(34)31(27(14-22)43-5)46-17-21-9-7-19(2)8-10-21/h7-16,30H,6,17-18H2,1-5H3,(H,38,39)(H2,36,37,41)/b35-16-/t30-/m0/s1. The van der Waals surface area contributed by atoms with Gasteiger partial charge in [-0.2, -0.15) is 5.10 Å². The number of methoxy groups -OCH3 is 2. The number of aryl methyl sites for hydroxylation is 1. The van der Waals surface area contributed by atoms with Gasteiger partial charge in [0.1, 0.15) is 6.61 Å². The Balaban J connectivity index is 1.37. The molecule has 12 nitrogen and oxygen atoms in total. The minimum absolute atomic E-state index is 0.177. The van der Waals surface area contributed by atoms with Crippen LogP contribution in [0.3, 0.4) is 0 Å². The van der Waals surface area contributed by atoms with Crippen LogP contribution in [0.25, 0.3) is 0 Å². The Labute approximate surface area is 271 Å². The number of hydrogen-bond acceptors (Lipinski definition) is 9. The number of hydrazone groups is 1. The van der Waals surface area contributed by atoms with Crippen molar-refractivity contribution < 1.29 is 38.1 Å². The molecular formula is C33H35ClN4O8. The normalized spacial score (nSPS) is 14.3. The molecule has 1 heterocycles. The number of nitrogens with one attached hydrogen (secondary N) is 3. The number of carbonyl (C=O) groups excluding carboxylic acids is 3. The van der Waals surface area contributed by atoms with Gasteiger partial charge >= 0.3 is 12.0 Å². The number of amides is 3. The van der Waals surface area contributed by atoms with Gasteiger partial charge in [0.25, 0.3) is 5.91 Å². The van der Waals surface area contributed by atoms with Crippen LogP contribution < -0.4 is 35.0 Å². The van der Waals surface area contributed by atoms with Gasteiger partial charge < -0.3 is 34.3 Å². The maximum atomic E-state index is 12.6. The van der Waals surface area contributed by atoms with Crippen LogP contribution in [-0.2, 0) is 20.9 Å². The van der Waals surface area contributed by atoms with Gasteiger partial charge in [-0.05, 0) is 61.7 Å². The van der Waals surface area contributed by atoms with Gasteiger partial charge in [0.05, 0.1) is 43.7 Å². The number of ether oxygens (including phenoxy) is 5. The van der Waals surface area contributed by atoms with Gasteiger partial charge in [0.15, 0.2) is 29.6 Å². The molecule has 4 rings (SSSR count). The molecule has 3 amide bonds. The number of allylic oxidation sites excluding steroid dienone is 1. The number of hydrogen-bond donors (Lipinski definition) is 3.